The summed E-state index contributed by atoms with van der Waals surface area (Å²) in [5, 5.41) is 13.0. The van der Waals surface area contributed by atoms with Crippen LogP contribution in [0.2, 0.25) is 10.0 Å². The van der Waals surface area contributed by atoms with Gasteiger partial charge in [0.2, 0.25) is 0 Å². The number of carbonyl (C=O) groups excluding carboxylic acids is 1. The molecular formula is C13H8BrCl2NO2. The van der Waals surface area contributed by atoms with Gasteiger partial charge in [-0.1, -0.05) is 39.1 Å². The third-order valence-electron chi connectivity index (χ3n) is 2.38. The second-order valence-electron chi connectivity index (χ2n) is 3.74. The van der Waals surface area contributed by atoms with Crippen LogP contribution < -0.4 is 5.32 Å². The molecule has 0 saturated carbocycles. The maximum absolute atomic E-state index is 12.0. The van der Waals surface area contributed by atoms with Crippen molar-refractivity contribution in [2.24, 2.45) is 0 Å². The summed E-state index contributed by atoms with van der Waals surface area (Å²) in [6, 6.07) is 9.32. The molecule has 0 heterocycles. The SMILES string of the molecule is O=C(Nc1ccc(Br)cc1Cl)c1cc(Cl)ccc1O. The molecular weight excluding hydrogens is 353 g/mol. The first-order valence-corrected chi connectivity index (χ1v) is 6.77. The van der Waals surface area contributed by atoms with Crippen LogP contribution in [0.3, 0.4) is 0 Å². The molecule has 0 unspecified atom stereocenters. The van der Waals surface area contributed by atoms with E-state index in [1.165, 1.54) is 18.2 Å². The van der Waals surface area contributed by atoms with Crippen molar-refractivity contribution in [3.8, 4) is 5.75 Å². The van der Waals surface area contributed by atoms with Gasteiger partial charge in [-0.15, -0.1) is 0 Å². The van der Waals surface area contributed by atoms with Crippen LogP contribution in [0.4, 0.5) is 5.69 Å². The van der Waals surface area contributed by atoms with Gasteiger partial charge in [-0.05, 0) is 36.4 Å². The Labute approximate surface area is 128 Å². The first kappa shape index (κ1) is 14.2. The Kier molecular flexibility index (Phi) is 4.34. The fraction of sp³-hybridized carbons (Fsp3) is 0. The minimum Gasteiger partial charge on any atom is -0.507 e. The van der Waals surface area contributed by atoms with E-state index >= 15 is 0 Å². The van der Waals surface area contributed by atoms with E-state index in [1.807, 2.05) is 0 Å². The van der Waals surface area contributed by atoms with Gasteiger partial charge in [0.1, 0.15) is 5.75 Å². The molecule has 0 fully saturated rings. The number of phenols is 1. The summed E-state index contributed by atoms with van der Waals surface area (Å²) in [7, 11) is 0. The van der Waals surface area contributed by atoms with Gasteiger partial charge in [0, 0.05) is 9.50 Å². The number of halogens is 3. The highest BCUT2D eigenvalue weighted by molar-refractivity contribution is 9.10. The minimum absolute atomic E-state index is 0.0893. The minimum atomic E-state index is -0.482. The van der Waals surface area contributed by atoms with Gasteiger partial charge >= 0.3 is 0 Å². The van der Waals surface area contributed by atoms with Crippen molar-refractivity contribution in [1.29, 1.82) is 0 Å². The Morgan fingerprint density at radius 2 is 1.89 bits per heavy atom. The van der Waals surface area contributed by atoms with E-state index in [-0.39, 0.29) is 11.3 Å². The van der Waals surface area contributed by atoms with Crippen LogP contribution in [0.15, 0.2) is 40.9 Å². The Hall–Kier alpha value is -1.23. The molecule has 19 heavy (non-hydrogen) atoms. The zero-order chi connectivity index (χ0) is 14.0. The number of hydrogen-bond acceptors (Lipinski definition) is 2. The summed E-state index contributed by atoms with van der Waals surface area (Å²) in [6.07, 6.45) is 0. The fourth-order valence-corrected chi connectivity index (χ4v) is 2.36. The standard InChI is InChI=1S/C13H8BrCl2NO2/c14-7-1-3-11(10(16)5-7)17-13(19)9-6-8(15)2-4-12(9)18/h1-6,18H,(H,17,19). The van der Waals surface area contributed by atoms with Crippen LogP contribution in [-0.4, -0.2) is 11.0 Å². The van der Waals surface area contributed by atoms with Crippen molar-refractivity contribution in [3.05, 3.63) is 56.5 Å². The number of rotatable bonds is 2. The highest BCUT2D eigenvalue weighted by Gasteiger charge is 2.13. The number of nitrogens with one attached hydrogen (secondary N) is 1. The Bertz CT molecular complexity index is 647. The molecule has 0 bridgehead atoms. The maximum atomic E-state index is 12.0. The van der Waals surface area contributed by atoms with Gasteiger partial charge in [-0.2, -0.15) is 0 Å². The first-order chi connectivity index (χ1) is 8.97. The zero-order valence-electron chi connectivity index (χ0n) is 9.45. The van der Waals surface area contributed by atoms with Crippen LogP contribution in [0.25, 0.3) is 0 Å². The lowest BCUT2D eigenvalue weighted by Gasteiger charge is -2.09. The summed E-state index contributed by atoms with van der Waals surface area (Å²) in [6.45, 7) is 0. The molecule has 1 amide bonds. The third-order valence-corrected chi connectivity index (χ3v) is 3.42. The third kappa shape index (κ3) is 3.41. The largest absolute Gasteiger partial charge is 0.507 e. The fourth-order valence-electron chi connectivity index (χ4n) is 1.47. The lowest BCUT2D eigenvalue weighted by molar-refractivity contribution is 0.102. The van der Waals surface area contributed by atoms with E-state index in [2.05, 4.69) is 21.2 Å². The van der Waals surface area contributed by atoms with Gasteiger partial charge in [-0.3, -0.25) is 4.79 Å². The van der Waals surface area contributed by atoms with Crippen LogP contribution >= 0.6 is 39.1 Å². The molecule has 2 N–H and O–H groups in total. The van der Waals surface area contributed by atoms with Crippen molar-refractivity contribution in [2.45, 2.75) is 0 Å². The Morgan fingerprint density at radius 1 is 1.16 bits per heavy atom. The van der Waals surface area contributed by atoms with Crippen LogP contribution in [-0.2, 0) is 0 Å². The van der Waals surface area contributed by atoms with Gasteiger partial charge in [-0.25, -0.2) is 0 Å². The molecule has 2 rings (SSSR count). The monoisotopic (exact) mass is 359 g/mol. The molecule has 0 radical (unpaired) electrons. The van der Waals surface area contributed by atoms with E-state index in [0.29, 0.717) is 15.7 Å². The molecule has 0 saturated heterocycles. The zero-order valence-corrected chi connectivity index (χ0v) is 12.6. The number of aromatic hydroxyl groups is 1. The maximum Gasteiger partial charge on any atom is 0.259 e. The molecule has 2 aromatic rings. The smallest absolute Gasteiger partial charge is 0.259 e. The molecule has 0 aliphatic carbocycles. The molecule has 6 heteroatoms. The van der Waals surface area contributed by atoms with Crippen molar-refractivity contribution < 1.29 is 9.90 Å². The van der Waals surface area contributed by atoms with Crippen molar-refractivity contribution in [3.63, 3.8) is 0 Å². The van der Waals surface area contributed by atoms with Crippen molar-refractivity contribution >= 4 is 50.7 Å². The Balaban J connectivity index is 2.28. The number of phenolic OH excluding ortho intramolecular Hbond substituents is 1. The second-order valence-corrected chi connectivity index (χ2v) is 5.50. The van der Waals surface area contributed by atoms with E-state index in [1.54, 1.807) is 18.2 Å². The summed E-state index contributed by atoms with van der Waals surface area (Å²) in [5.74, 6) is -0.626. The molecule has 0 spiro atoms. The summed E-state index contributed by atoms with van der Waals surface area (Å²) in [5.41, 5.74) is 0.542. The molecule has 0 aliphatic rings. The molecule has 0 aliphatic heterocycles. The second kappa shape index (κ2) is 5.82. The average Bonchev–Trinajstić information content (AvgIpc) is 2.35. The van der Waals surface area contributed by atoms with Gasteiger partial charge < -0.3 is 10.4 Å². The van der Waals surface area contributed by atoms with E-state index in [0.717, 1.165) is 4.47 Å². The van der Waals surface area contributed by atoms with E-state index < -0.39 is 5.91 Å². The highest BCUT2D eigenvalue weighted by Crippen LogP contribution is 2.27. The molecule has 3 nitrogen and oxygen atoms in total. The summed E-state index contributed by atoms with van der Waals surface area (Å²) >= 11 is 15.1. The average molecular weight is 361 g/mol. The van der Waals surface area contributed by atoms with Crippen molar-refractivity contribution in [1.82, 2.24) is 0 Å². The quantitative estimate of drug-likeness (QED) is 0.814. The predicted octanol–water partition coefficient (Wildman–Crippen LogP) is 4.71. The van der Waals surface area contributed by atoms with Crippen LogP contribution in [0.1, 0.15) is 10.4 Å². The number of benzene rings is 2. The topological polar surface area (TPSA) is 49.3 Å². The molecule has 98 valence electrons. The number of amides is 1. The van der Waals surface area contributed by atoms with Crippen LogP contribution in [0.5, 0.6) is 5.75 Å². The highest BCUT2D eigenvalue weighted by atomic mass is 79.9. The first-order valence-electron chi connectivity index (χ1n) is 5.22. The van der Waals surface area contributed by atoms with Gasteiger partial charge in [0.05, 0.1) is 16.3 Å². The summed E-state index contributed by atoms with van der Waals surface area (Å²) in [4.78, 5) is 12.0. The molecule has 0 aromatic heterocycles. The van der Waals surface area contributed by atoms with E-state index in [9.17, 15) is 9.90 Å². The number of carbonyl (C=O) groups is 1. The predicted molar refractivity (Wildman–Crippen MR) is 80.2 cm³/mol. The van der Waals surface area contributed by atoms with Crippen LogP contribution in [0, 0.1) is 0 Å². The van der Waals surface area contributed by atoms with Gasteiger partial charge in [0.15, 0.2) is 0 Å². The number of hydrogen-bond donors (Lipinski definition) is 2. The lowest BCUT2D eigenvalue weighted by atomic mass is 10.2. The lowest BCUT2D eigenvalue weighted by Crippen LogP contribution is -2.12. The number of anilines is 1. The summed E-state index contributed by atoms with van der Waals surface area (Å²) < 4.78 is 0.807. The van der Waals surface area contributed by atoms with E-state index in [4.69, 9.17) is 23.2 Å². The molecule has 2 aromatic carbocycles. The Morgan fingerprint density at radius 3 is 2.58 bits per heavy atom. The normalized spacial score (nSPS) is 10.3. The van der Waals surface area contributed by atoms with Crippen molar-refractivity contribution in [2.75, 3.05) is 5.32 Å². The van der Waals surface area contributed by atoms with Gasteiger partial charge in [0.25, 0.3) is 5.91 Å². The molecule has 0 atom stereocenters.